The lowest BCUT2D eigenvalue weighted by Crippen LogP contribution is -2.02. The summed E-state index contributed by atoms with van der Waals surface area (Å²) in [5.74, 6) is 1.93. The lowest BCUT2D eigenvalue weighted by molar-refractivity contribution is 0.394. The Labute approximate surface area is 165 Å². The summed E-state index contributed by atoms with van der Waals surface area (Å²) in [5, 5.41) is 13.5. The summed E-state index contributed by atoms with van der Waals surface area (Å²) in [4.78, 5) is 8.57. The largest absolute Gasteiger partial charge is 0.339 e. The zero-order valence-corrected chi connectivity index (χ0v) is 15.6. The van der Waals surface area contributed by atoms with E-state index in [-0.39, 0.29) is 6.54 Å². The van der Waals surface area contributed by atoms with Gasteiger partial charge < -0.3 is 14.8 Å². The molecule has 144 valence electrons. The number of para-hydroxylation sites is 1. The Morgan fingerprint density at radius 1 is 0.966 bits per heavy atom. The van der Waals surface area contributed by atoms with Crippen molar-refractivity contribution in [3.63, 3.8) is 0 Å². The molecule has 0 saturated carbocycles. The minimum atomic E-state index is 0.217. The number of hydrogen-bond donors (Lipinski definition) is 1. The van der Waals surface area contributed by atoms with Crippen molar-refractivity contribution in [2.45, 2.75) is 20.0 Å². The summed E-state index contributed by atoms with van der Waals surface area (Å²) in [6.45, 7) is 2.57. The molecule has 0 fully saturated rings. The lowest BCUT2D eigenvalue weighted by Gasteiger charge is -2.04. The maximum absolute atomic E-state index is 5.59. The third kappa shape index (κ3) is 3.17. The minimum absolute atomic E-state index is 0.217. The van der Waals surface area contributed by atoms with Crippen molar-refractivity contribution in [1.29, 1.82) is 0 Å². The van der Waals surface area contributed by atoms with Crippen LogP contribution < -0.4 is 5.73 Å². The predicted octanol–water partition coefficient (Wildman–Crippen LogP) is 2.95. The molecule has 0 aliphatic rings. The number of nitrogens with two attached hydrogens (primary N) is 1. The maximum Gasteiger partial charge on any atom is 0.279 e. The van der Waals surface area contributed by atoms with Gasteiger partial charge in [0.1, 0.15) is 0 Å². The zero-order chi connectivity index (χ0) is 19.8. The standard InChI is InChI=1S/C20H17N7O2/c1-12-22-19(26-28-12)14-8-6-13(7-9-14)11-27-16-5-3-2-4-15(16)18(24-27)20-23-17(10-21)25-29-20/h2-9H,10-11,21H2,1H3. The molecule has 0 radical (unpaired) electrons. The van der Waals surface area contributed by atoms with Gasteiger partial charge in [0, 0.05) is 17.9 Å². The van der Waals surface area contributed by atoms with Gasteiger partial charge in [0.05, 0.1) is 18.6 Å². The van der Waals surface area contributed by atoms with Crippen LogP contribution in [0.5, 0.6) is 0 Å². The van der Waals surface area contributed by atoms with Gasteiger partial charge in [0.2, 0.25) is 11.7 Å². The fourth-order valence-corrected chi connectivity index (χ4v) is 3.19. The summed E-state index contributed by atoms with van der Waals surface area (Å²) >= 11 is 0. The summed E-state index contributed by atoms with van der Waals surface area (Å²) in [7, 11) is 0. The topological polar surface area (TPSA) is 122 Å². The molecule has 0 amide bonds. The van der Waals surface area contributed by atoms with Crippen LogP contribution >= 0.6 is 0 Å². The number of fused-ring (bicyclic) bond motifs is 1. The van der Waals surface area contributed by atoms with Crippen molar-refractivity contribution in [3.8, 4) is 23.0 Å². The van der Waals surface area contributed by atoms with Crippen LogP contribution in [0.25, 0.3) is 33.9 Å². The number of aryl methyl sites for hydroxylation is 1. The second-order valence-electron chi connectivity index (χ2n) is 6.58. The molecular weight excluding hydrogens is 370 g/mol. The van der Waals surface area contributed by atoms with Crippen molar-refractivity contribution in [2.75, 3.05) is 0 Å². The van der Waals surface area contributed by atoms with Crippen LogP contribution in [0.15, 0.2) is 57.6 Å². The quantitative estimate of drug-likeness (QED) is 0.488. The first-order valence-corrected chi connectivity index (χ1v) is 9.09. The van der Waals surface area contributed by atoms with E-state index in [1.165, 1.54) is 0 Å². The smallest absolute Gasteiger partial charge is 0.279 e. The lowest BCUT2D eigenvalue weighted by atomic mass is 10.1. The highest BCUT2D eigenvalue weighted by Crippen LogP contribution is 2.27. The van der Waals surface area contributed by atoms with Crippen LogP contribution in [0, 0.1) is 6.92 Å². The van der Waals surface area contributed by atoms with Gasteiger partial charge in [0.25, 0.3) is 5.89 Å². The predicted molar refractivity (Wildman–Crippen MR) is 104 cm³/mol. The van der Waals surface area contributed by atoms with Crippen LogP contribution in [-0.4, -0.2) is 30.1 Å². The average molecular weight is 387 g/mol. The van der Waals surface area contributed by atoms with Gasteiger partial charge in [-0.15, -0.1) is 0 Å². The third-order valence-corrected chi connectivity index (χ3v) is 4.58. The van der Waals surface area contributed by atoms with Gasteiger partial charge in [-0.2, -0.15) is 15.1 Å². The molecule has 5 rings (SSSR count). The van der Waals surface area contributed by atoms with Gasteiger partial charge in [-0.3, -0.25) is 4.68 Å². The highest BCUT2D eigenvalue weighted by molar-refractivity contribution is 5.91. The van der Waals surface area contributed by atoms with E-state index in [4.69, 9.17) is 19.9 Å². The Morgan fingerprint density at radius 2 is 1.79 bits per heavy atom. The first kappa shape index (κ1) is 17.3. The first-order valence-electron chi connectivity index (χ1n) is 9.09. The van der Waals surface area contributed by atoms with Gasteiger partial charge in [-0.1, -0.05) is 52.8 Å². The van der Waals surface area contributed by atoms with Crippen molar-refractivity contribution in [3.05, 3.63) is 65.8 Å². The van der Waals surface area contributed by atoms with Crippen LogP contribution in [0.1, 0.15) is 17.3 Å². The second kappa shape index (κ2) is 6.95. The molecular formula is C20H17N7O2. The number of hydrogen-bond acceptors (Lipinski definition) is 8. The van der Waals surface area contributed by atoms with E-state index in [1.807, 2.05) is 53.2 Å². The number of aromatic nitrogens is 6. The monoisotopic (exact) mass is 387 g/mol. The van der Waals surface area contributed by atoms with Crippen LogP contribution in [0.4, 0.5) is 0 Å². The Bertz CT molecular complexity index is 1280. The molecule has 0 spiro atoms. The molecule has 0 aliphatic heterocycles. The van der Waals surface area contributed by atoms with Crippen LogP contribution in [0.2, 0.25) is 0 Å². The summed E-state index contributed by atoms with van der Waals surface area (Å²) in [5.41, 5.74) is 9.20. The van der Waals surface area contributed by atoms with E-state index in [9.17, 15) is 0 Å². The van der Waals surface area contributed by atoms with Crippen LogP contribution in [-0.2, 0) is 13.1 Å². The van der Waals surface area contributed by atoms with E-state index in [2.05, 4.69) is 20.3 Å². The Balaban J connectivity index is 1.49. The SMILES string of the molecule is Cc1nc(-c2ccc(Cn3nc(-c4nc(CN)no4)c4ccccc43)cc2)no1. The Kier molecular flexibility index (Phi) is 4.14. The van der Waals surface area contributed by atoms with E-state index < -0.39 is 0 Å². The molecule has 0 unspecified atom stereocenters. The highest BCUT2D eigenvalue weighted by atomic mass is 16.5. The van der Waals surface area contributed by atoms with Gasteiger partial charge in [-0.25, -0.2) is 0 Å². The molecule has 2 N–H and O–H groups in total. The molecule has 3 heterocycles. The van der Waals surface area contributed by atoms with E-state index >= 15 is 0 Å². The number of benzene rings is 2. The maximum atomic E-state index is 5.59. The first-order chi connectivity index (χ1) is 14.2. The van der Waals surface area contributed by atoms with E-state index in [1.54, 1.807) is 6.92 Å². The van der Waals surface area contributed by atoms with Crippen molar-refractivity contribution < 1.29 is 9.05 Å². The van der Waals surface area contributed by atoms with E-state index in [0.29, 0.717) is 35.7 Å². The summed E-state index contributed by atoms with van der Waals surface area (Å²) in [6, 6.07) is 15.9. The molecule has 29 heavy (non-hydrogen) atoms. The van der Waals surface area contributed by atoms with Gasteiger partial charge in [-0.05, 0) is 11.6 Å². The average Bonchev–Trinajstić information content (AvgIpc) is 3.47. The van der Waals surface area contributed by atoms with Crippen LogP contribution in [0.3, 0.4) is 0 Å². The molecule has 2 aromatic carbocycles. The normalized spacial score (nSPS) is 11.4. The Morgan fingerprint density at radius 3 is 2.52 bits per heavy atom. The highest BCUT2D eigenvalue weighted by Gasteiger charge is 2.18. The molecule has 5 aromatic rings. The number of nitrogens with zero attached hydrogens (tertiary/aromatic N) is 6. The van der Waals surface area contributed by atoms with Crippen molar-refractivity contribution in [2.24, 2.45) is 5.73 Å². The van der Waals surface area contributed by atoms with Gasteiger partial charge in [0.15, 0.2) is 11.5 Å². The molecule has 0 atom stereocenters. The molecule has 0 aliphatic carbocycles. The summed E-state index contributed by atoms with van der Waals surface area (Å²) in [6.07, 6.45) is 0. The fraction of sp³-hybridized carbons (Fsp3) is 0.150. The molecule has 0 saturated heterocycles. The molecule has 0 bridgehead atoms. The molecule has 9 heteroatoms. The summed E-state index contributed by atoms with van der Waals surface area (Å²) < 4.78 is 12.3. The van der Waals surface area contributed by atoms with Crippen molar-refractivity contribution in [1.82, 2.24) is 30.1 Å². The van der Waals surface area contributed by atoms with Gasteiger partial charge >= 0.3 is 0 Å². The minimum Gasteiger partial charge on any atom is -0.339 e. The fourth-order valence-electron chi connectivity index (χ4n) is 3.19. The van der Waals surface area contributed by atoms with Crippen molar-refractivity contribution >= 4 is 10.9 Å². The van der Waals surface area contributed by atoms with E-state index in [0.717, 1.165) is 22.0 Å². The zero-order valence-electron chi connectivity index (χ0n) is 15.6. The second-order valence-corrected chi connectivity index (χ2v) is 6.58. The molecule has 9 nitrogen and oxygen atoms in total. The third-order valence-electron chi connectivity index (χ3n) is 4.58. The Hall–Kier alpha value is -3.85. The molecule has 3 aromatic heterocycles. The number of rotatable bonds is 5.